The van der Waals surface area contributed by atoms with E-state index < -0.39 is 0 Å². The van der Waals surface area contributed by atoms with E-state index in [1.807, 2.05) is 65.8 Å². The SMILES string of the molecule is C/C=C(C)\C=C(/N)SCc1ccc(OC)cc1.CC.CC. The molecule has 3 heteroatoms. The smallest absolute Gasteiger partial charge is 0.118 e. The van der Waals surface area contributed by atoms with Crippen LogP contribution >= 0.6 is 11.8 Å². The molecule has 0 aliphatic rings. The summed E-state index contributed by atoms with van der Waals surface area (Å²) in [4.78, 5) is 0. The fourth-order valence-corrected chi connectivity index (χ4v) is 2.03. The molecule has 0 atom stereocenters. The van der Waals surface area contributed by atoms with Crippen LogP contribution in [0, 0.1) is 0 Å². The molecule has 0 amide bonds. The van der Waals surface area contributed by atoms with Gasteiger partial charge in [0.2, 0.25) is 0 Å². The third kappa shape index (κ3) is 11.0. The first-order valence-corrected chi connectivity index (χ1v) is 8.50. The van der Waals surface area contributed by atoms with Gasteiger partial charge in [-0.1, -0.05) is 51.5 Å². The lowest BCUT2D eigenvalue weighted by molar-refractivity contribution is 0.414. The van der Waals surface area contributed by atoms with Crippen molar-refractivity contribution < 1.29 is 4.74 Å². The highest BCUT2D eigenvalue weighted by Gasteiger charge is 1.97. The van der Waals surface area contributed by atoms with E-state index in [2.05, 4.69) is 12.1 Å². The van der Waals surface area contributed by atoms with Crippen LogP contribution in [0.15, 0.2) is 47.0 Å². The molecule has 0 fully saturated rings. The van der Waals surface area contributed by atoms with Crippen molar-refractivity contribution in [2.45, 2.75) is 47.3 Å². The molecular formula is C18H31NOS. The largest absolute Gasteiger partial charge is 0.497 e. The first-order valence-electron chi connectivity index (χ1n) is 7.51. The maximum absolute atomic E-state index is 5.91. The molecule has 0 unspecified atom stereocenters. The fraction of sp³-hybridized carbons (Fsp3) is 0.444. The second-order valence-corrected chi connectivity index (χ2v) is 4.76. The summed E-state index contributed by atoms with van der Waals surface area (Å²) in [6.45, 7) is 12.0. The van der Waals surface area contributed by atoms with Crippen molar-refractivity contribution in [3.63, 3.8) is 0 Å². The Labute approximate surface area is 135 Å². The van der Waals surface area contributed by atoms with Crippen LogP contribution in [0.2, 0.25) is 0 Å². The number of rotatable bonds is 5. The summed E-state index contributed by atoms with van der Waals surface area (Å²) in [6, 6.07) is 8.04. The molecule has 0 heterocycles. The molecule has 0 radical (unpaired) electrons. The molecule has 0 aliphatic carbocycles. The fourth-order valence-electron chi connectivity index (χ4n) is 1.24. The Hall–Kier alpha value is -1.35. The van der Waals surface area contributed by atoms with Crippen molar-refractivity contribution in [3.8, 4) is 5.75 Å². The van der Waals surface area contributed by atoms with Gasteiger partial charge in [-0.05, 0) is 37.6 Å². The van der Waals surface area contributed by atoms with E-state index >= 15 is 0 Å². The summed E-state index contributed by atoms with van der Waals surface area (Å²) in [5, 5.41) is 0.844. The van der Waals surface area contributed by atoms with Gasteiger partial charge in [0, 0.05) is 5.75 Å². The summed E-state index contributed by atoms with van der Waals surface area (Å²) in [5.74, 6) is 1.76. The van der Waals surface area contributed by atoms with Gasteiger partial charge in [-0.2, -0.15) is 0 Å². The number of benzene rings is 1. The molecule has 0 saturated carbocycles. The third-order valence-corrected chi connectivity index (χ3v) is 3.32. The molecule has 0 saturated heterocycles. The first-order chi connectivity index (χ1) is 10.2. The van der Waals surface area contributed by atoms with Crippen molar-refractivity contribution in [1.29, 1.82) is 0 Å². The highest BCUT2D eigenvalue weighted by molar-refractivity contribution is 8.02. The van der Waals surface area contributed by atoms with Gasteiger partial charge in [0.1, 0.15) is 5.75 Å². The molecule has 0 bridgehead atoms. The predicted octanol–water partition coefficient (Wildman–Crippen LogP) is 5.75. The van der Waals surface area contributed by atoms with Crippen LogP contribution in [0.5, 0.6) is 5.75 Å². The van der Waals surface area contributed by atoms with Gasteiger partial charge >= 0.3 is 0 Å². The average Bonchev–Trinajstić information content (AvgIpc) is 2.57. The van der Waals surface area contributed by atoms with Crippen LogP contribution < -0.4 is 10.5 Å². The van der Waals surface area contributed by atoms with Gasteiger partial charge in [0.05, 0.1) is 12.1 Å². The molecule has 0 spiro atoms. The van der Waals surface area contributed by atoms with Crippen LogP contribution in [0.25, 0.3) is 0 Å². The molecule has 1 rings (SSSR count). The number of hydrogen-bond acceptors (Lipinski definition) is 3. The number of ether oxygens (including phenoxy) is 1. The molecule has 0 aliphatic heterocycles. The molecule has 0 aromatic heterocycles. The maximum atomic E-state index is 5.91. The Balaban J connectivity index is 0. The summed E-state index contributed by atoms with van der Waals surface area (Å²) < 4.78 is 5.11. The van der Waals surface area contributed by atoms with Crippen molar-refractivity contribution in [1.82, 2.24) is 0 Å². The van der Waals surface area contributed by atoms with Crippen LogP contribution in [0.4, 0.5) is 0 Å². The Bertz CT molecular complexity index is 408. The first kappa shape index (κ1) is 21.9. The standard InChI is InChI=1S/C14H19NOS.2C2H6/c1-4-11(2)9-14(15)17-10-12-5-7-13(16-3)8-6-12;2*1-2/h4-9H,10,15H2,1-3H3;2*1-2H3/b11-4-,14-9+;;. The van der Waals surface area contributed by atoms with Crippen LogP contribution in [0.1, 0.15) is 47.1 Å². The molecule has 2 N–H and O–H groups in total. The van der Waals surface area contributed by atoms with Gasteiger partial charge in [0.25, 0.3) is 0 Å². The number of methoxy groups -OCH3 is 1. The highest BCUT2D eigenvalue weighted by atomic mass is 32.2. The van der Waals surface area contributed by atoms with E-state index in [1.165, 1.54) is 11.1 Å². The number of thioether (sulfide) groups is 1. The zero-order valence-corrected chi connectivity index (χ0v) is 15.4. The summed E-state index contributed by atoms with van der Waals surface area (Å²) in [5.41, 5.74) is 8.34. The molecule has 1 aromatic rings. The Morgan fingerprint density at radius 2 is 1.67 bits per heavy atom. The Kier molecular flexibility index (Phi) is 15.7. The van der Waals surface area contributed by atoms with Gasteiger partial charge in [-0.3, -0.25) is 0 Å². The summed E-state index contributed by atoms with van der Waals surface area (Å²) in [7, 11) is 1.67. The second-order valence-electron chi connectivity index (χ2n) is 3.72. The topological polar surface area (TPSA) is 35.2 Å². The van der Waals surface area contributed by atoms with Crippen LogP contribution in [-0.4, -0.2) is 7.11 Å². The van der Waals surface area contributed by atoms with Gasteiger partial charge < -0.3 is 10.5 Å². The lowest BCUT2D eigenvalue weighted by Crippen LogP contribution is -1.93. The van der Waals surface area contributed by atoms with Gasteiger partial charge in [0.15, 0.2) is 0 Å². The average molecular weight is 310 g/mol. The minimum absolute atomic E-state index is 0.844. The lowest BCUT2D eigenvalue weighted by atomic mass is 10.2. The minimum atomic E-state index is 0.844. The molecule has 1 aromatic carbocycles. The van der Waals surface area contributed by atoms with Gasteiger partial charge in [-0.25, -0.2) is 0 Å². The third-order valence-electron chi connectivity index (χ3n) is 2.39. The maximum Gasteiger partial charge on any atom is 0.118 e. The Morgan fingerprint density at radius 1 is 1.14 bits per heavy atom. The van der Waals surface area contributed by atoms with Crippen molar-refractivity contribution in [2.24, 2.45) is 5.73 Å². The molecular weight excluding hydrogens is 278 g/mol. The molecule has 120 valence electrons. The van der Waals surface area contributed by atoms with Crippen LogP contribution in [-0.2, 0) is 5.75 Å². The van der Waals surface area contributed by atoms with E-state index in [1.54, 1.807) is 18.9 Å². The quantitative estimate of drug-likeness (QED) is 0.704. The van der Waals surface area contributed by atoms with Gasteiger partial charge in [-0.15, -0.1) is 11.8 Å². The molecule has 21 heavy (non-hydrogen) atoms. The Morgan fingerprint density at radius 3 is 2.10 bits per heavy atom. The predicted molar refractivity (Wildman–Crippen MR) is 98.7 cm³/mol. The number of hydrogen-bond donors (Lipinski definition) is 1. The van der Waals surface area contributed by atoms with Crippen LogP contribution in [0.3, 0.4) is 0 Å². The normalized spacial score (nSPS) is 10.8. The second kappa shape index (κ2) is 15.0. The minimum Gasteiger partial charge on any atom is -0.497 e. The van der Waals surface area contributed by atoms with E-state index in [0.29, 0.717) is 0 Å². The van der Waals surface area contributed by atoms with Crippen molar-refractivity contribution in [3.05, 3.63) is 52.6 Å². The zero-order valence-electron chi connectivity index (χ0n) is 14.6. The zero-order chi connectivity index (χ0) is 16.7. The number of allylic oxidation sites excluding steroid dienone is 3. The summed E-state index contributed by atoms with van der Waals surface area (Å²) in [6.07, 6.45) is 4.04. The van der Waals surface area contributed by atoms with E-state index in [-0.39, 0.29) is 0 Å². The van der Waals surface area contributed by atoms with E-state index in [0.717, 1.165) is 16.5 Å². The lowest BCUT2D eigenvalue weighted by Gasteiger charge is -2.04. The molecule has 2 nitrogen and oxygen atoms in total. The number of nitrogens with two attached hydrogens (primary N) is 1. The van der Waals surface area contributed by atoms with E-state index in [9.17, 15) is 0 Å². The van der Waals surface area contributed by atoms with E-state index in [4.69, 9.17) is 10.5 Å². The highest BCUT2D eigenvalue weighted by Crippen LogP contribution is 2.20. The van der Waals surface area contributed by atoms with Crippen molar-refractivity contribution in [2.75, 3.05) is 7.11 Å². The summed E-state index contributed by atoms with van der Waals surface area (Å²) >= 11 is 1.64. The van der Waals surface area contributed by atoms with Crippen molar-refractivity contribution >= 4 is 11.8 Å². The monoisotopic (exact) mass is 309 g/mol.